The van der Waals surface area contributed by atoms with Gasteiger partial charge in [0.1, 0.15) is 0 Å². The topological polar surface area (TPSA) is 140 Å². The van der Waals surface area contributed by atoms with Crippen molar-refractivity contribution in [1.82, 2.24) is 15.2 Å². The summed E-state index contributed by atoms with van der Waals surface area (Å²) in [5, 5.41) is 27.1. The first-order chi connectivity index (χ1) is 19.1. The standard InChI is InChI=1S/C22H25N3O2.2C2HF3O2/c26-16-8-15(9-16)22(27)24-21-18-6-2-1-5-17(18)19-12-25(13-20(19)21)11-14-4-3-7-23-10-14;2*3-2(4,5)1(6)7/h1-7,10,15-16,19-21,26H,8-9,11-13H2,(H,24,27);2*(H,6,7)/t15?,16?,19-,20-,21+;;/m0../s1. The van der Waals surface area contributed by atoms with E-state index in [1.54, 1.807) is 6.20 Å². The first kappa shape index (κ1) is 31.8. The Morgan fingerprint density at radius 3 is 1.95 bits per heavy atom. The van der Waals surface area contributed by atoms with Crippen LogP contribution < -0.4 is 5.32 Å². The molecule has 2 aliphatic carbocycles. The molecule has 41 heavy (non-hydrogen) atoms. The Bertz CT molecular complexity index is 1200. The van der Waals surface area contributed by atoms with Crippen molar-refractivity contribution in [3.8, 4) is 0 Å². The van der Waals surface area contributed by atoms with E-state index in [-0.39, 0.29) is 24.0 Å². The van der Waals surface area contributed by atoms with Gasteiger partial charge in [0.05, 0.1) is 12.1 Å². The van der Waals surface area contributed by atoms with Crippen molar-refractivity contribution in [3.63, 3.8) is 0 Å². The third kappa shape index (κ3) is 8.39. The quantitative estimate of drug-likeness (QED) is 0.397. The number of carboxylic acid groups (broad SMARTS) is 2. The number of aliphatic carboxylic acids is 2. The van der Waals surface area contributed by atoms with Crippen molar-refractivity contribution >= 4 is 17.8 Å². The van der Waals surface area contributed by atoms with E-state index in [1.807, 2.05) is 12.3 Å². The van der Waals surface area contributed by atoms with E-state index in [9.17, 15) is 36.2 Å². The normalized spacial score (nSPS) is 24.8. The van der Waals surface area contributed by atoms with Gasteiger partial charge < -0.3 is 20.6 Å². The molecule has 0 unspecified atom stereocenters. The molecular weight excluding hydrogens is 564 g/mol. The van der Waals surface area contributed by atoms with Crippen LogP contribution >= 0.6 is 0 Å². The van der Waals surface area contributed by atoms with Gasteiger partial charge in [0.15, 0.2) is 0 Å². The number of alkyl halides is 6. The van der Waals surface area contributed by atoms with E-state index in [2.05, 4.69) is 45.5 Å². The minimum absolute atomic E-state index is 0.0286. The predicted molar refractivity (Wildman–Crippen MR) is 129 cm³/mol. The maximum atomic E-state index is 12.7. The lowest BCUT2D eigenvalue weighted by Gasteiger charge is -2.32. The maximum absolute atomic E-state index is 12.7. The summed E-state index contributed by atoms with van der Waals surface area (Å²) in [5.41, 5.74) is 3.90. The number of halogens is 6. The molecule has 1 aromatic heterocycles. The molecule has 3 aliphatic rings. The molecule has 1 saturated carbocycles. The van der Waals surface area contributed by atoms with Crippen LogP contribution in [0.25, 0.3) is 0 Å². The third-order valence-corrected chi connectivity index (χ3v) is 7.00. The Morgan fingerprint density at radius 2 is 1.46 bits per heavy atom. The second-order valence-electron chi connectivity index (χ2n) is 9.87. The number of hydrogen-bond donors (Lipinski definition) is 4. The molecule has 4 N–H and O–H groups in total. The smallest absolute Gasteiger partial charge is 0.475 e. The summed E-state index contributed by atoms with van der Waals surface area (Å²) in [5.74, 6) is -4.56. The van der Waals surface area contributed by atoms with Crippen LogP contribution in [-0.4, -0.2) is 74.6 Å². The van der Waals surface area contributed by atoms with Crippen molar-refractivity contribution in [2.75, 3.05) is 13.1 Å². The molecule has 2 aromatic rings. The molecule has 224 valence electrons. The van der Waals surface area contributed by atoms with Gasteiger partial charge in [-0.15, -0.1) is 0 Å². The van der Waals surface area contributed by atoms with Crippen LogP contribution in [0.15, 0.2) is 48.8 Å². The second-order valence-corrected chi connectivity index (χ2v) is 9.87. The van der Waals surface area contributed by atoms with Gasteiger partial charge in [-0.1, -0.05) is 30.3 Å². The van der Waals surface area contributed by atoms with Crippen LogP contribution in [0, 0.1) is 11.8 Å². The maximum Gasteiger partial charge on any atom is 0.490 e. The zero-order valence-corrected chi connectivity index (χ0v) is 21.3. The first-order valence-corrected chi connectivity index (χ1v) is 12.4. The lowest BCUT2D eigenvalue weighted by molar-refractivity contribution is -0.193. The zero-order valence-electron chi connectivity index (χ0n) is 21.3. The van der Waals surface area contributed by atoms with Crippen LogP contribution in [-0.2, 0) is 20.9 Å². The number of fused-ring (bicyclic) bond motifs is 3. The Kier molecular flexibility index (Phi) is 9.97. The van der Waals surface area contributed by atoms with Gasteiger partial charge in [-0.05, 0) is 35.6 Å². The highest BCUT2D eigenvalue weighted by Gasteiger charge is 2.47. The van der Waals surface area contributed by atoms with Gasteiger partial charge in [-0.25, -0.2) is 9.59 Å². The number of carboxylic acids is 2. The number of pyridine rings is 1. The predicted octanol–water partition coefficient (Wildman–Crippen LogP) is 3.51. The van der Waals surface area contributed by atoms with Crippen molar-refractivity contribution in [2.24, 2.45) is 11.8 Å². The fourth-order valence-electron chi connectivity index (χ4n) is 5.08. The van der Waals surface area contributed by atoms with Crippen LogP contribution in [0.4, 0.5) is 26.3 Å². The van der Waals surface area contributed by atoms with E-state index >= 15 is 0 Å². The number of aliphatic hydroxyl groups excluding tert-OH is 1. The summed E-state index contributed by atoms with van der Waals surface area (Å²) < 4.78 is 63.5. The van der Waals surface area contributed by atoms with Crippen LogP contribution in [0.1, 0.15) is 41.5 Å². The first-order valence-electron chi connectivity index (χ1n) is 12.4. The molecule has 15 heteroatoms. The number of rotatable bonds is 4. The number of aliphatic hydroxyl groups is 1. The van der Waals surface area contributed by atoms with Gasteiger partial charge in [-0.2, -0.15) is 26.3 Å². The van der Waals surface area contributed by atoms with Crippen LogP contribution in [0.2, 0.25) is 0 Å². The Labute approximate surface area is 229 Å². The Hall–Kier alpha value is -3.72. The van der Waals surface area contributed by atoms with Crippen molar-refractivity contribution in [2.45, 2.75) is 49.8 Å². The van der Waals surface area contributed by atoms with E-state index in [0.717, 1.165) is 19.6 Å². The average molecular weight is 592 g/mol. The zero-order chi connectivity index (χ0) is 30.5. The number of amides is 1. The van der Waals surface area contributed by atoms with Gasteiger partial charge in [0, 0.05) is 49.8 Å². The molecule has 9 nitrogen and oxygen atoms in total. The van der Waals surface area contributed by atoms with Gasteiger partial charge in [0.2, 0.25) is 5.91 Å². The SMILES string of the molecule is O=C(N[C@@H]1c2ccccc2[C@@H]2CN(Cc3cccnc3)C[C@H]12)C1CC(O)C1.O=C(O)C(F)(F)F.O=C(O)C(F)(F)F. The lowest BCUT2D eigenvalue weighted by Crippen LogP contribution is -2.43. The number of carbonyl (C=O) groups is 3. The van der Waals surface area contributed by atoms with Gasteiger partial charge >= 0.3 is 24.3 Å². The van der Waals surface area contributed by atoms with E-state index in [4.69, 9.17) is 19.8 Å². The number of nitrogens with one attached hydrogen (secondary N) is 1. The van der Waals surface area contributed by atoms with Crippen molar-refractivity contribution in [1.29, 1.82) is 0 Å². The molecule has 1 aromatic carbocycles. The highest BCUT2D eigenvalue weighted by atomic mass is 19.4. The number of carbonyl (C=O) groups excluding carboxylic acids is 1. The number of nitrogens with zero attached hydrogens (tertiary/aromatic N) is 2. The molecule has 1 amide bonds. The Balaban J connectivity index is 0.000000276. The minimum Gasteiger partial charge on any atom is -0.475 e. The summed E-state index contributed by atoms with van der Waals surface area (Å²) in [7, 11) is 0. The summed E-state index contributed by atoms with van der Waals surface area (Å²) in [6, 6.07) is 12.7. The number of benzene rings is 1. The largest absolute Gasteiger partial charge is 0.490 e. The summed E-state index contributed by atoms with van der Waals surface area (Å²) in [6.45, 7) is 2.90. The molecule has 2 heterocycles. The van der Waals surface area contributed by atoms with Crippen molar-refractivity contribution < 1.29 is 56.0 Å². The molecule has 1 aliphatic heterocycles. The molecule has 3 atom stereocenters. The molecular formula is C26H27F6N3O6. The van der Waals surface area contributed by atoms with Gasteiger partial charge in [0.25, 0.3) is 0 Å². The van der Waals surface area contributed by atoms with Gasteiger partial charge in [-0.3, -0.25) is 14.7 Å². The molecule has 5 rings (SSSR count). The van der Waals surface area contributed by atoms with Crippen molar-refractivity contribution in [3.05, 3.63) is 65.5 Å². The van der Waals surface area contributed by atoms with E-state index < -0.39 is 24.3 Å². The summed E-state index contributed by atoms with van der Waals surface area (Å²) >= 11 is 0. The fourth-order valence-corrected chi connectivity index (χ4v) is 5.08. The van der Waals surface area contributed by atoms with E-state index in [0.29, 0.717) is 24.7 Å². The molecule has 1 saturated heterocycles. The molecule has 2 fully saturated rings. The second kappa shape index (κ2) is 12.9. The minimum atomic E-state index is -5.08. The number of hydrogen-bond acceptors (Lipinski definition) is 6. The summed E-state index contributed by atoms with van der Waals surface area (Å²) in [4.78, 5) is 37.2. The number of aromatic nitrogens is 1. The molecule has 0 bridgehead atoms. The highest BCUT2D eigenvalue weighted by molar-refractivity contribution is 5.80. The monoisotopic (exact) mass is 591 g/mol. The lowest BCUT2D eigenvalue weighted by atomic mass is 9.81. The fraction of sp³-hybridized carbons (Fsp3) is 0.462. The van der Waals surface area contributed by atoms with Crippen LogP contribution in [0.3, 0.4) is 0 Å². The summed E-state index contributed by atoms with van der Waals surface area (Å²) in [6.07, 6.45) is -5.53. The Morgan fingerprint density at radius 1 is 0.902 bits per heavy atom. The third-order valence-electron chi connectivity index (χ3n) is 7.00. The molecule has 0 spiro atoms. The van der Waals surface area contributed by atoms with Crippen LogP contribution in [0.5, 0.6) is 0 Å². The highest BCUT2D eigenvalue weighted by Crippen LogP contribution is 2.49. The average Bonchev–Trinajstić information content (AvgIpc) is 3.40. The number of likely N-dealkylation sites (tertiary alicyclic amines) is 1. The van der Waals surface area contributed by atoms with E-state index in [1.165, 1.54) is 16.7 Å². The molecule has 0 radical (unpaired) electrons.